The van der Waals surface area contributed by atoms with Crippen molar-refractivity contribution in [3.63, 3.8) is 0 Å². The highest BCUT2D eigenvalue weighted by Gasteiger charge is 2.13. The van der Waals surface area contributed by atoms with Crippen molar-refractivity contribution in [1.29, 1.82) is 0 Å². The second kappa shape index (κ2) is 3.88. The molecule has 0 heterocycles. The van der Waals surface area contributed by atoms with E-state index < -0.39 is 11.9 Å². The normalized spacial score (nSPS) is 12.2. The summed E-state index contributed by atoms with van der Waals surface area (Å²) >= 11 is 0. The van der Waals surface area contributed by atoms with E-state index in [0.717, 1.165) is 0 Å². The fourth-order valence-electron chi connectivity index (χ4n) is 0.923. The first-order valence-electron chi connectivity index (χ1n) is 3.70. The number of carbonyl (C=O) groups excluding carboxylic acids is 1. The van der Waals surface area contributed by atoms with Crippen LogP contribution in [0.1, 0.15) is 11.6 Å². The Hall–Kier alpha value is -1.59. The second-order valence-corrected chi connectivity index (χ2v) is 2.58. The summed E-state index contributed by atoms with van der Waals surface area (Å²) in [6.07, 6.45) is 0. The van der Waals surface area contributed by atoms with Gasteiger partial charge < -0.3 is 10.8 Å². The quantitative estimate of drug-likeness (QED) is 0.277. The van der Waals surface area contributed by atoms with Crippen molar-refractivity contribution in [3.8, 4) is 5.75 Å². The monoisotopic (exact) mass is 181 g/mol. The number of phenols is 1. The van der Waals surface area contributed by atoms with E-state index in [9.17, 15) is 4.79 Å². The lowest BCUT2D eigenvalue weighted by molar-refractivity contribution is -0.122. The number of carbonyl (C=O) groups is 1. The van der Waals surface area contributed by atoms with Crippen molar-refractivity contribution in [2.75, 3.05) is 0 Å². The van der Waals surface area contributed by atoms with Gasteiger partial charge in [-0.3, -0.25) is 10.2 Å². The summed E-state index contributed by atoms with van der Waals surface area (Å²) in [4.78, 5) is 11.0. The van der Waals surface area contributed by atoms with E-state index >= 15 is 0 Å². The molecule has 0 unspecified atom stereocenters. The molecule has 1 amide bonds. The first-order chi connectivity index (χ1) is 6.15. The van der Waals surface area contributed by atoms with Gasteiger partial charge in [0.15, 0.2) is 0 Å². The van der Waals surface area contributed by atoms with Crippen LogP contribution < -0.4 is 17.0 Å². The number of phenolic OH excluding ortho intramolecular Hbond substituents is 1. The van der Waals surface area contributed by atoms with E-state index in [0.29, 0.717) is 5.56 Å². The fraction of sp³-hybridized carbons (Fsp3) is 0.125. The van der Waals surface area contributed by atoms with Crippen LogP contribution in [0.2, 0.25) is 0 Å². The SMILES string of the molecule is NNC(=O)[C@@H](N)c1ccc(O)cc1. The standard InChI is InChI=1S/C8H11N3O2/c9-7(8(13)11-10)5-1-3-6(12)4-2-5/h1-4,7,12H,9-10H2,(H,11,13)/t7-/m0/s1. The lowest BCUT2D eigenvalue weighted by atomic mass is 10.1. The van der Waals surface area contributed by atoms with E-state index in [1.54, 1.807) is 12.1 Å². The predicted octanol–water partition coefficient (Wildman–Crippen LogP) is -0.618. The molecule has 13 heavy (non-hydrogen) atoms. The predicted molar refractivity (Wildman–Crippen MR) is 47.4 cm³/mol. The Balaban J connectivity index is 2.83. The van der Waals surface area contributed by atoms with Crippen LogP contribution >= 0.6 is 0 Å². The number of rotatable bonds is 2. The van der Waals surface area contributed by atoms with Crippen molar-refractivity contribution in [1.82, 2.24) is 5.43 Å². The van der Waals surface area contributed by atoms with E-state index in [4.69, 9.17) is 16.7 Å². The fourth-order valence-corrected chi connectivity index (χ4v) is 0.923. The van der Waals surface area contributed by atoms with Crippen molar-refractivity contribution < 1.29 is 9.90 Å². The number of amides is 1. The largest absolute Gasteiger partial charge is 0.508 e. The minimum Gasteiger partial charge on any atom is -0.508 e. The molecule has 1 atom stereocenters. The molecule has 0 aromatic heterocycles. The molecule has 0 aliphatic carbocycles. The van der Waals surface area contributed by atoms with Crippen molar-refractivity contribution in [2.24, 2.45) is 11.6 Å². The maximum Gasteiger partial charge on any atom is 0.255 e. The molecule has 1 rings (SSSR count). The van der Waals surface area contributed by atoms with Gasteiger partial charge in [-0.25, -0.2) is 5.84 Å². The summed E-state index contributed by atoms with van der Waals surface area (Å²) in [5, 5.41) is 8.97. The van der Waals surface area contributed by atoms with Gasteiger partial charge in [0, 0.05) is 0 Å². The van der Waals surface area contributed by atoms with E-state index in [1.165, 1.54) is 12.1 Å². The van der Waals surface area contributed by atoms with Gasteiger partial charge in [0.2, 0.25) is 0 Å². The molecule has 0 saturated heterocycles. The average molecular weight is 181 g/mol. The Morgan fingerprint density at radius 3 is 2.38 bits per heavy atom. The molecule has 0 radical (unpaired) electrons. The van der Waals surface area contributed by atoms with Crippen molar-refractivity contribution >= 4 is 5.91 Å². The maximum absolute atomic E-state index is 11.0. The molecule has 0 saturated carbocycles. The topological polar surface area (TPSA) is 101 Å². The highest BCUT2D eigenvalue weighted by atomic mass is 16.3. The minimum atomic E-state index is -0.800. The Kier molecular flexibility index (Phi) is 2.84. The number of benzene rings is 1. The minimum absolute atomic E-state index is 0.129. The lowest BCUT2D eigenvalue weighted by Gasteiger charge is -2.09. The first kappa shape index (κ1) is 9.50. The number of hydrogen-bond donors (Lipinski definition) is 4. The zero-order valence-electron chi connectivity index (χ0n) is 6.90. The van der Waals surface area contributed by atoms with E-state index in [1.807, 2.05) is 5.43 Å². The third kappa shape index (κ3) is 2.17. The molecular formula is C8H11N3O2. The Morgan fingerprint density at radius 2 is 1.92 bits per heavy atom. The van der Waals surface area contributed by atoms with Crippen LogP contribution in [0.4, 0.5) is 0 Å². The van der Waals surface area contributed by atoms with Crippen LogP contribution in [-0.2, 0) is 4.79 Å². The molecule has 5 nitrogen and oxygen atoms in total. The van der Waals surface area contributed by atoms with Crippen LogP contribution in [0.3, 0.4) is 0 Å². The van der Waals surface area contributed by atoms with Crippen LogP contribution in [0, 0.1) is 0 Å². The van der Waals surface area contributed by atoms with E-state index in [2.05, 4.69) is 0 Å². The van der Waals surface area contributed by atoms with Gasteiger partial charge in [-0.2, -0.15) is 0 Å². The first-order valence-corrected chi connectivity index (χ1v) is 3.70. The molecule has 0 spiro atoms. The Bertz CT molecular complexity index is 297. The van der Waals surface area contributed by atoms with Crippen LogP contribution in [-0.4, -0.2) is 11.0 Å². The number of hydrazine groups is 1. The van der Waals surface area contributed by atoms with Crippen molar-refractivity contribution in [3.05, 3.63) is 29.8 Å². The molecule has 0 aliphatic heterocycles. The Morgan fingerprint density at radius 1 is 1.38 bits per heavy atom. The highest BCUT2D eigenvalue weighted by Crippen LogP contribution is 2.14. The van der Waals surface area contributed by atoms with Gasteiger partial charge in [-0.05, 0) is 17.7 Å². The molecule has 1 aromatic carbocycles. The molecule has 70 valence electrons. The summed E-state index contributed by atoms with van der Waals surface area (Å²) in [7, 11) is 0. The molecule has 0 fully saturated rings. The molecular weight excluding hydrogens is 170 g/mol. The molecule has 0 aliphatic rings. The highest BCUT2D eigenvalue weighted by molar-refractivity contribution is 5.82. The zero-order chi connectivity index (χ0) is 9.84. The van der Waals surface area contributed by atoms with Crippen LogP contribution in [0.25, 0.3) is 0 Å². The average Bonchev–Trinajstić information content (AvgIpc) is 2.17. The second-order valence-electron chi connectivity index (χ2n) is 2.58. The smallest absolute Gasteiger partial charge is 0.255 e. The zero-order valence-corrected chi connectivity index (χ0v) is 6.90. The third-order valence-electron chi connectivity index (χ3n) is 1.68. The van der Waals surface area contributed by atoms with Gasteiger partial charge in [0.05, 0.1) is 0 Å². The maximum atomic E-state index is 11.0. The van der Waals surface area contributed by atoms with Gasteiger partial charge in [-0.15, -0.1) is 0 Å². The summed E-state index contributed by atoms with van der Waals surface area (Å²) < 4.78 is 0. The lowest BCUT2D eigenvalue weighted by Crippen LogP contribution is -2.38. The molecule has 1 aromatic rings. The van der Waals surface area contributed by atoms with Crippen LogP contribution in [0.15, 0.2) is 24.3 Å². The van der Waals surface area contributed by atoms with Gasteiger partial charge in [0.25, 0.3) is 5.91 Å². The van der Waals surface area contributed by atoms with Gasteiger partial charge >= 0.3 is 0 Å². The summed E-state index contributed by atoms with van der Waals surface area (Å²) in [6.45, 7) is 0. The van der Waals surface area contributed by atoms with Gasteiger partial charge in [0.1, 0.15) is 11.8 Å². The van der Waals surface area contributed by atoms with Gasteiger partial charge in [-0.1, -0.05) is 12.1 Å². The number of hydrogen-bond acceptors (Lipinski definition) is 4. The third-order valence-corrected chi connectivity index (χ3v) is 1.68. The summed E-state index contributed by atoms with van der Waals surface area (Å²) in [5.74, 6) is 4.57. The molecule has 0 bridgehead atoms. The molecule has 6 N–H and O–H groups in total. The van der Waals surface area contributed by atoms with E-state index in [-0.39, 0.29) is 5.75 Å². The number of nitrogens with two attached hydrogens (primary N) is 2. The van der Waals surface area contributed by atoms with Crippen molar-refractivity contribution in [2.45, 2.75) is 6.04 Å². The Labute approximate surface area is 75.3 Å². The summed E-state index contributed by atoms with van der Waals surface area (Å²) in [6, 6.07) is 5.24. The number of nitrogens with one attached hydrogen (secondary N) is 1. The number of aromatic hydroxyl groups is 1. The molecule has 5 heteroatoms. The van der Waals surface area contributed by atoms with Crippen LogP contribution in [0.5, 0.6) is 5.75 Å². The summed E-state index contributed by atoms with van der Waals surface area (Å²) in [5.41, 5.74) is 8.07.